The van der Waals surface area contributed by atoms with Crippen LogP contribution in [0.4, 0.5) is 5.00 Å². The van der Waals surface area contributed by atoms with Gasteiger partial charge in [-0.3, -0.25) is 4.79 Å². The van der Waals surface area contributed by atoms with Gasteiger partial charge in [0.25, 0.3) is 5.91 Å². The minimum absolute atomic E-state index is 0.358. The summed E-state index contributed by atoms with van der Waals surface area (Å²) in [5.74, 6) is -0.917. The molecule has 1 aromatic carbocycles. The predicted molar refractivity (Wildman–Crippen MR) is 98.4 cm³/mol. The topological polar surface area (TPSA) is 79.2 Å². The Morgan fingerprint density at radius 3 is 2.81 bits per heavy atom. The summed E-state index contributed by atoms with van der Waals surface area (Å²) in [5, 5.41) is 12.6. The lowest BCUT2D eigenvalue weighted by Gasteiger charge is -2.07. The van der Waals surface area contributed by atoms with Crippen LogP contribution in [-0.4, -0.2) is 18.5 Å². The normalized spacial score (nSPS) is 14.4. The molecule has 132 valence electrons. The van der Waals surface area contributed by atoms with Crippen molar-refractivity contribution in [3.63, 3.8) is 0 Å². The number of fused-ring (bicyclic) bond motifs is 2. The summed E-state index contributed by atoms with van der Waals surface area (Å²) in [6.45, 7) is -0.358. The van der Waals surface area contributed by atoms with Gasteiger partial charge < -0.3 is 10.1 Å². The Hall–Kier alpha value is -2.65. The molecule has 5 nitrogen and oxygen atoms in total. The van der Waals surface area contributed by atoms with Gasteiger partial charge in [0.05, 0.1) is 11.1 Å². The monoisotopic (exact) mass is 366 g/mol. The molecule has 1 amide bonds. The first-order valence-corrected chi connectivity index (χ1v) is 9.61. The zero-order chi connectivity index (χ0) is 18.1. The molecule has 2 aliphatic rings. The molecule has 2 aliphatic carbocycles. The van der Waals surface area contributed by atoms with Crippen LogP contribution in [0.25, 0.3) is 0 Å². The van der Waals surface area contributed by atoms with Crippen molar-refractivity contribution in [3.8, 4) is 6.07 Å². The molecule has 0 atom stereocenters. The van der Waals surface area contributed by atoms with Gasteiger partial charge in [-0.1, -0.05) is 6.07 Å². The smallest absolute Gasteiger partial charge is 0.338 e. The second kappa shape index (κ2) is 6.93. The lowest BCUT2D eigenvalue weighted by Crippen LogP contribution is -2.21. The summed E-state index contributed by atoms with van der Waals surface area (Å²) in [7, 11) is 0. The van der Waals surface area contributed by atoms with E-state index in [1.807, 2.05) is 12.1 Å². The maximum Gasteiger partial charge on any atom is 0.338 e. The Balaban J connectivity index is 1.37. The van der Waals surface area contributed by atoms with E-state index in [2.05, 4.69) is 11.4 Å². The highest BCUT2D eigenvalue weighted by atomic mass is 32.1. The van der Waals surface area contributed by atoms with Crippen LogP contribution >= 0.6 is 11.3 Å². The number of carbonyl (C=O) groups is 2. The maximum atomic E-state index is 12.2. The van der Waals surface area contributed by atoms with Crippen LogP contribution in [0.3, 0.4) is 0 Å². The number of thiophene rings is 1. The average Bonchev–Trinajstić information content (AvgIpc) is 3.34. The van der Waals surface area contributed by atoms with Crippen molar-refractivity contribution in [1.29, 1.82) is 5.26 Å². The first-order valence-electron chi connectivity index (χ1n) is 8.79. The molecule has 0 aliphatic heterocycles. The molecule has 0 bridgehead atoms. The van der Waals surface area contributed by atoms with Crippen LogP contribution in [0, 0.1) is 11.3 Å². The van der Waals surface area contributed by atoms with Gasteiger partial charge in [0, 0.05) is 4.88 Å². The molecule has 0 saturated carbocycles. The number of rotatable bonds is 4. The molecule has 0 saturated heterocycles. The number of amides is 1. The largest absolute Gasteiger partial charge is 0.452 e. The second-order valence-electron chi connectivity index (χ2n) is 6.63. The standard InChI is InChI=1S/C20H18N2O3S/c21-10-16-15-5-2-6-17(15)26-19(16)22-18(23)11-25-20(24)14-8-7-12-3-1-4-13(12)9-14/h7-9H,1-6,11H2,(H,22,23). The number of nitrogens with zero attached hydrogens (tertiary/aromatic N) is 1. The lowest BCUT2D eigenvalue weighted by atomic mass is 10.1. The van der Waals surface area contributed by atoms with E-state index >= 15 is 0 Å². The molecule has 2 aromatic rings. The van der Waals surface area contributed by atoms with Crippen molar-refractivity contribution in [3.05, 3.63) is 50.9 Å². The number of ether oxygens (including phenoxy) is 1. The lowest BCUT2D eigenvalue weighted by molar-refractivity contribution is -0.119. The number of nitriles is 1. The number of anilines is 1. The fraction of sp³-hybridized carbons (Fsp3) is 0.350. The third-order valence-corrected chi connectivity index (χ3v) is 6.16. The fourth-order valence-corrected chi connectivity index (χ4v) is 4.94. The molecule has 0 spiro atoms. The van der Waals surface area contributed by atoms with Crippen molar-refractivity contribution in [2.24, 2.45) is 0 Å². The number of nitrogens with one attached hydrogen (secondary N) is 1. The van der Waals surface area contributed by atoms with Crippen LogP contribution in [0.15, 0.2) is 18.2 Å². The highest BCUT2D eigenvalue weighted by Crippen LogP contribution is 2.38. The number of aryl methyl sites for hydroxylation is 3. The van der Waals surface area contributed by atoms with E-state index in [4.69, 9.17) is 4.74 Å². The first-order chi connectivity index (χ1) is 12.7. The van der Waals surface area contributed by atoms with Crippen molar-refractivity contribution in [2.75, 3.05) is 11.9 Å². The summed E-state index contributed by atoms with van der Waals surface area (Å²) < 4.78 is 5.14. The molecule has 0 radical (unpaired) electrons. The molecular weight excluding hydrogens is 348 g/mol. The molecule has 1 N–H and O–H groups in total. The summed E-state index contributed by atoms with van der Waals surface area (Å²) in [5.41, 5.74) is 4.57. The molecule has 4 rings (SSSR count). The number of hydrogen-bond donors (Lipinski definition) is 1. The SMILES string of the molecule is N#Cc1c(NC(=O)COC(=O)c2ccc3c(c2)CCC3)sc2c1CCC2. The van der Waals surface area contributed by atoms with E-state index in [0.29, 0.717) is 16.1 Å². The molecule has 0 unspecified atom stereocenters. The minimum atomic E-state index is -0.496. The minimum Gasteiger partial charge on any atom is -0.452 e. The van der Waals surface area contributed by atoms with Crippen LogP contribution in [0.2, 0.25) is 0 Å². The average molecular weight is 366 g/mol. The molecule has 26 heavy (non-hydrogen) atoms. The van der Waals surface area contributed by atoms with E-state index in [-0.39, 0.29) is 6.61 Å². The summed E-state index contributed by atoms with van der Waals surface area (Å²) in [6, 6.07) is 7.76. The van der Waals surface area contributed by atoms with Gasteiger partial charge in [0.1, 0.15) is 11.1 Å². The van der Waals surface area contributed by atoms with Gasteiger partial charge >= 0.3 is 5.97 Å². The van der Waals surface area contributed by atoms with E-state index in [0.717, 1.165) is 44.1 Å². The van der Waals surface area contributed by atoms with Crippen LogP contribution in [-0.2, 0) is 35.2 Å². The van der Waals surface area contributed by atoms with Crippen LogP contribution in [0.5, 0.6) is 0 Å². The Bertz CT molecular complexity index is 939. The van der Waals surface area contributed by atoms with E-state index < -0.39 is 11.9 Å². The number of esters is 1. The molecular formula is C20H18N2O3S. The number of benzene rings is 1. The summed E-state index contributed by atoms with van der Waals surface area (Å²) in [4.78, 5) is 25.5. The first kappa shape index (κ1) is 16.8. The van der Waals surface area contributed by atoms with Gasteiger partial charge in [0.2, 0.25) is 0 Å². The summed E-state index contributed by atoms with van der Waals surface area (Å²) >= 11 is 1.45. The van der Waals surface area contributed by atoms with Crippen LogP contribution in [0.1, 0.15) is 50.3 Å². The molecule has 0 fully saturated rings. The molecule has 1 heterocycles. The second-order valence-corrected chi connectivity index (χ2v) is 7.74. The highest BCUT2D eigenvalue weighted by Gasteiger charge is 2.23. The Morgan fingerprint density at radius 2 is 1.96 bits per heavy atom. The van der Waals surface area contributed by atoms with Gasteiger partial charge in [-0.25, -0.2) is 4.79 Å². The fourth-order valence-electron chi connectivity index (χ4n) is 3.69. The Labute approximate surface area is 155 Å². The maximum absolute atomic E-state index is 12.2. The quantitative estimate of drug-likeness (QED) is 0.841. The number of carbonyl (C=O) groups excluding carboxylic acids is 2. The van der Waals surface area contributed by atoms with Crippen LogP contribution < -0.4 is 5.32 Å². The third-order valence-electron chi connectivity index (χ3n) is 4.95. The van der Waals surface area contributed by atoms with E-state index in [9.17, 15) is 14.9 Å². The van der Waals surface area contributed by atoms with Crippen molar-refractivity contribution >= 4 is 28.2 Å². The van der Waals surface area contributed by atoms with Crippen molar-refractivity contribution in [1.82, 2.24) is 0 Å². The van der Waals surface area contributed by atoms with Crippen molar-refractivity contribution in [2.45, 2.75) is 38.5 Å². The third kappa shape index (κ3) is 3.11. The van der Waals surface area contributed by atoms with Gasteiger partial charge in [0.15, 0.2) is 6.61 Å². The Morgan fingerprint density at radius 1 is 1.15 bits per heavy atom. The molecule has 6 heteroatoms. The van der Waals surface area contributed by atoms with E-state index in [1.54, 1.807) is 6.07 Å². The highest BCUT2D eigenvalue weighted by molar-refractivity contribution is 7.16. The van der Waals surface area contributed by atoms with Gasteiger partial charge in [-0.05, 0) is 67.3 Å². The van der Waals surface area contributed by atoms with Crippen molar-refractivity contribution < 1.29 is 14.3 Å². The molecule has 1 aromatic heterocycles. The Kier molecular flexibility index (Phi) is 4.48. The zero-order valence-corrected chi connectivity index (χ0v) is 15.1. The predicted octanol–water partition coefficient (Wildman–Crippen LogP) is 3.39. The van der Waals surface area contributed by atoms with Gasteiger partial charge in [-0.2, -0.15) is 5.26 Å². The van der Waals surface area contributed by atoms with E-state index in [1.165, 1.54) is 27.3 Å². The van der Waals surface area contributed by atoms with Gasteiger partial charge in [-0.15, -0.1) is 11.3 Å². The number of hydrogen-bond acceptors (Lipinski definition) is 5. The summed E-state index contributed by atoms with van der Waals surface area (Å²) in [6.07, 6.45) is 6.05. The zero-order valence-electron chi connectivity index (χ0n) is 14.3.